The molecule has 2 aromatic rings. The molecule has 0 unspecified atom stereocenters. The Kier molecular flexibility index (Phi) is 2.69. The molecule has 2 rings (SSSR count). The van der Waals surface area contributed by atoms with Gasteiger partial charge in [0.1, 0.15) is 5.56 Å². The Morgan fingerprint density at radius 3 is 2.67 bits per heavy atom. The zero-order valence-electron chi connectivity index (χ0n) is 9.12. The minimum absolute atomic E-state index is 0.784. The van der Waals surface area contributed by atoms with Crippen LogP contribution >= 0.6 is 0 Å². The summed E-state index contributed by atoms with van der Waals surface area (Å²) in [6, 6.07) is 15.8. The van der Waals surface area contributed by atoms with Crippen LogP contribution in [-0.2, 0) is 0 Å². The van der Waals surface area contributed by atoms with Crippen LogP contribution in [0, 0.1) is 13.0 Å². The molecule has 0 fully saturated rings. The van der Waals surface area contributed by atoms with E-state index in [1.165, 1.54) is 16.3 Å². The second kappa shape index (κ2) is 4.14. The van der Waals surface area contributed by atoms with Crippen molar-refractivity contribution in [2.75, 3.05) is 6.54 Å². The molecule has 1 nitrogen and oxygen atoms in total. The second-order valence-electron chi connectivity index (χ2n) is 3.65. The first kappa shape index (κ1) is 9.73. The van der Waals surface area contributed by atoms with Gasteiger partial charge in [-0.1, -0.05) is 34.7 Å². The third kappa shape index (κ3) is 2.16. The summed E-state index contributed by atoms with van der Waals surface area (Å²) in [4.78, 5) is 4.12. The van der Waals surface area contributed by atoms with Crippen LogP contribution in [0.5, 0.6) is 0 Å². The summed E-state index contributed by atoms with van der Waals surface area (Å²) >= 11 is 0. The van der Waals surface area contributed by atoms with E-state index in [2.05, 4.69) is 54.2 Å². The highest BCUT2D eigenvalue weighted by Crippen LogP contribution is 2.17. The van der Waals surface area contributed by atoms with E-state index in [0.29, 0.717) is 0 Å². The van der Waals surface area contributed by atoms with Gasteiger partial charge in [-0.15, -0.1) is 0 Å². The van der Waals surface area contributed by atoms with Crippen molar-refractivity contribution in [3.63, 3.8) is 0 Å². The largest absolute Gasteiger partial charge is 0.311 e. The lowest BCUT2D eigenvalue weighted by Crippen LogP contribution is -1.78. The van der Waals surface area contributed by atoms with Crippen molar-refractivity contribution >= 4 is 10.8 Å². The molecule has 0 aliphatic carbocycles. The Bertz CT molecular complexity index is 544. The first-order valence-corrected chi connectivity index (χ1v) is 5.22. The Hall–Kier alpha value is -1.81. The minimum atomic E-state index is 0.784. The van der Waals surface area contributed by atoms with Crippen LogP contribution in [0.3, 0.4) is 0 Å². The maximum atomic E-state index is 4.12. The molecule has 0 spiro atoms. The van der Waals surface area contributed by atoms with Gasteiger partial charge in [0.15, 0.2) is 0 Å². The molecule has 0 aliphatic rings. The van der Waals surface area contributed by atoms with E-state index in [-0.39, 0.29) is 0 Å². The molecule has 0 heterocycles. The first-order valence-electron chi connectivity index (χ1n) is 5.22. The third-order valence-electron chi connectivity index (χ3n) is 2.36. The van der Waals surface area contributed by atoms with Crippen LogP contribution in [-0.4, -0.2) is 6.54 Å². The number of hydrogen-bond donors (Lipinski definition) is 0. The van der Waals surface area contributed by atoms with Gasteiger partial charge in [-0.3, -0.25) is 0 Å². The molecule has 2 aromatic carbocycles. The standard InChI is InChI=1S/C14H14N/c1-3-15-10-12-5-7-13-6-4-11(2)8-14(13)9-12/h4-9H,3H2,1-2H3/q+1. The van der Waals surface area contributed by atoms with Crippen molar-refractivity contribution in [1.29, 1.82) is 0 Å². The van der Waals surface area contributed by atoms with Crippen molar-refractivity contribution in [2.45, 2.75) is 13.8 Å². The van der Waals surface area contributed by atoms with Gasteiger partial charge in [-0.25, -0.2) is 0 Å². The number of fused-ring (bicyclic) bond motifs is 1. The maximum Gasteiger partial charge on any atom is 0.311 e. The van der Waals surface area contributed by atoms with Crippen molar-refractivity contribution in [3.8, 4) is 6.07 Å². The SMILES string of the molecule is CC[N+]#Cc1ccc2ccc(C)cc2c1. The molecule has 0 N–H and O–H groups in total. The molecule has 15 heavy (non-hydrogen) atoms. The Labute approximate surface area is 90.2 Å². The van der Waals surface area contributed by atoms with E-state index in [1.54, 1.807) is 0 Å². The predicted molar refractivity (Wildman–Crippen MR) is 65.6 cm³/mol. The zero-order chi connectivity index (χ0) is 10.7. The topological polar surface area (TPSA) is 4.36 Å². The van der Waals surface area contributed by atoms with Gasteiger partial charge in [0, 0.05) is 6.92 Å². The van der Waals surface area contributed by atoms with Crippen LogP contribution in [0.4, 0.5) is 0 Å². The predicted octanol–water partition coefficient (Wildman–Crippen LogP) is 3.85. The van der Waals surface area contributed by atoms with E-state index >= 15 is 0 Å². The van der Waals surface area contributed by atoms with Crippen LogP contribution in [0.25, 0.3) is 15.6 Å². The van der Waals surface area contributed by atoms with E-state index in [9.17, 15) is 0 Å². The van der Waals surface area contributed by atoms with Gasteiger partial charge in [-0.2, -0.15) is 0 Å². The summed E-state index contributed by atoms with van der Waals surface area (Å²) in [5.74, 6) is 0. The van der Waals surface area contributed by atoms with Gasteiger partial charge in [0.25, 0.3) is 6.54 Å². The van der Waals surface area contributed by atoms with Crippen LogP contribution in [0.1, 0.15) is 18.1 Å². The monoisotopic (exact) mass is 196 g/mol. The summed E-state index contributed by atoms with van der Waals surface area (Å²) in [6.07, 6.45) is 0. The molecule has 0 saturated heterocycles. The van der Waals surface area contributed by atoms with Gasteiger partial charge < -0.3 is 0 Å². The van der Waals surface area contributed by atoms with E-state index in [0.717, 1.165) is 12.1 Å². The van der Waals surface area contributed by atoms with E-state index in [1.807, 2.05) is 6.92 Å². The fraction of sp³-hybridized carbons (Fsp3) is 0.214. The number of aryl methyl sites for hydroxylation is 1. The molecular formula is C14H14N+. The lowest BCUT2D eigenvalue weighted by Gasteiger charge is -1.98. The Morgan fingerprint density at radius 2 is 1.87 bits per heavy atom. The summed E-state index contributed by atoms with van der Waals surface area (Å²) in [6.45, 7) is 4.90. The van der Waals surface area contributed by atoms with Crippen molar-refractivity contribution in [3.05, 3.63) is 52.4 Å². The van der Waals surface area contributed by atoms with E-state index < -0.39 is 0 Å². The molecule has 0 atom stereocenters. The summed E-state index contributed by atoms with van der Waals surface area (Å²) in [5, 5.41) is 2.52. The summed E-state index contributed by atoms with van der Waals surface area (Å²) < 4.78 is 0. The summed E-state index contributed by atoms with van der Waals surface area (Å²) in [5.41, 5.74) is 2.34. The second-order valence-corrected chi connectivity index (χ2v) is 3.65. The van der Waals surface area contributed by atoms with Gasteiger partial charge in [0.05, 0.1) is 0 Å². The van der Waals surface area contributed by atoms with Gasteiger partial charge in [0.2, 0.25) is 0 Å². The molecule has 0 aliphatic heterocycles. The van der Waals surface area contributed by atoms with Crippen molar-refractivity contribution in [2.24, 2.45) is 0 Å². The van der Waals surface area contributed by atoms with Crippen LogP contribution in [0.15, 0.2) is 36.4 Å². The minimum Gasteiger partial charge on any atom is -0.0783 e. The fourth-order valence-corrected chi connectivity index (χ4v) is 1.61. The highest BCUT2D eigenvalue weighted by atomic mass is 14.6. The first-order chi connectivity index (χ1) is 7.29. The number of hydrogen-bond acceptors (Lipinski definition) is 0. The van der Waals surface area contributed by atoms with Crippen LogP contribution in [0.2, 0.25) is 0 Å². The zero-order valence-corrected chi connectivity index (χ0v) is 9.12. The molecule has 1 heteroatoms. The number of rotatable bonds is 0. The highest BCUT2D eigenvalue weighted by Gasteiger charge is 1.98. The molecule has 0 amide bonds. The molecule has 0 bridgehead atoms. The molecule has 0 radical (unpaired) electrons. The highest BCUT2D eigenvalue weighted by molar-refractivity contribution is 5.84. The molecule has 0 saturated carbocycles. The van der Waals surface area contributed by atoms with Crippen molar-refractivity contribution in [1.82, 2.24) is 0 Å². The Morgan fingerprint density at radius 1 is 1.07 bits per heavy atom. The number of nitrogens with zero attached hydrogens (tertiary/aromatic N) is 1. The molecule has 0 aromatic heterocycles. The smallest absolute Gasteiger partial charge is 0.0783 e. The van der Waals surface area contributed by atoms with Gasteiger partial charge >= 0.3 is 6.07 Å². The number of benzene rings is 2. The molecule has 74 valence electrons. The van der Waals surface area contributed by atoms with Crippen molar-refractivity contribution < 1.29 is 0 Å². The molecular weight excluding hydrogens is 182 g/mol. The van der Waals surface area contributed by atoms with Crippen LogP contribution < -0.4 is 0 Å². The quantitative estimate of drug-likeness (QED) is 0.603. The summed E-state index contributed by atoms with van der Waals surface area (Å²) in [7, 11) is 0. The Balaban J connectivity index is 2.54. The van der Waals surface area contributed by atoms with E-state index in [4.69, 9.17) is 0 Å². The normalized spacial score (nSPS) is 9.73. The average molecular weight is 196 g/mol. The lowest BCUT2D eigenvalue weighted by molar-refractivity contribution is 1.34. The average Bonchev–Trinajstić information content (AvgIpc) is 2.25. The maximum absolute atomic E-state index is 4.12. The van der Waals surface area contributed by atoms with Gasteiger partial charge in [-0.05, 0) is 29.8 Å². The lowest BCUT2D eigenvalue weighted by atomic mass is 10.1. The fourth-order valence-electron chi connectivity index (χ4n) is 1.61. The third-order valence-corrected chi connectivity index (χ3v) is 2.36.